The van der Waals surface area contributed by atoms with E-state index in [1.165, 1.54) is 6.07 Å². The fourth-order valence-corrected chi connectivity index (χ4v) is 2.03. The Hall–Kier alpha value is -1.33. The van der Waals surface area contributed by atoms with Gasteiger partial charge in [0.1, 0.15) is 0 Å². The smallest absolute Gasteiger partial charge is 0.159 e. The summed E-state index contributed by atoms with van der Waals surface area (Å²) in [6.45, 7) is 2.58. The van der Waals surface area contributed by atoms with Crippen LogP contribution in [0, 0.1) is 11.6 Å². The molecule has 90 valence electrons. The van der Waals surface area contributed by atoms with Gasteiger partial charge < -0.3 is 5.32 Å². The Morgan fingerprint density at radius 2 is 2.18 bits per heavy atom. The largest absolute Gasteiger partial charge is 0.305 e. The molecule has 2 rings (SSSR count). The van der Waals surface area contributed by atoms with Crippen molar-refractivity contribution in [1.29, 1.82) is 0 Å². The molecule has 0 aliphatic rings. The van der Waals surface area contributed by atoms with Crippen molar-refractivity contribution in [1.82, 2.24) is 10.3 Å². The molecule has 1 atom stereocenters. The van der Waals surface area contributed by atoms with Crippen molar-refractivity contribution < 1.29 is 8.78 Å². The molecule has 1 unspecified atom stereocenters. The summed E-state index contributed by atoms with van der Waals surface area (Å²) in [5.41, 5.74) is 2.49. The molecule has 0 spiro atoms. The van der Waals surface area contributed by atoms with Crippen LogP contribution in [0.5, 0.6) is 0 Å². The molecular weight excluding hydrogens is 242 g/mol. The molecule has 0 aliphatic carbocycles. The minimum Gasteiger partial charge on any atom is -0.305 e. The van der Waals surface area contributed by atoms with Crippen molar-refractivity contribution in [2.24, 2.45) is 0 Å². The van der Waals surface area contributed by atoms with Crippen molar-refractivity contribution in [3.63, 3.8) is 0 Å². The molecule has 1 heterocycles. The van der Waals surface area contributed by atoms with Gasteiger partial charge in [-0.3, -0.25) is 4.98 Å². The van der Waals surface area contributed by atoms with Gasteiger partial charge in [0.25, 0.3) is 0 Å². The van der Waals surface area contributed by atoms with E-state index in [0.717, 1.165) is 16.5 Å². The number of aromatic nitrogens is 1. The normalized spacial score (nSPS) is 12.6. The van der Waals surface area contributed by atoms with E-state index in [1.807, 2.05) is 6.92 Å². The first kappa shape index (κ1) is 12.1. The lowest BCUT2D eigenvalue weighted by Gasteiger charge is -2.13. The molecule has 0 radical (unpaired) electrons. The van der Waals surface area contributed by atoms with Gasteiger partial charge in [0.05, 0.1) is 5.51 Å². The fraction of sp³-hybridized carbons (Fsp3) is 0.250. The number of thiazole rings is 1. The molecule has 0 saturated carbocycles. The Morgan fingerprint density at radius 3 is 2.82 bits per heavy atom. The van der Waals surface area contributed by atoms with Crippen LogP contribution < -0.4 is 5.32 Å². The highest BCUT2D eigenvalue weighted by molar-refractivity contribution is 7.09. The first-order valence-corrected chi connectivity index (χ1v) is 6.10. The Bertz CT molecular complexity index is 485. The van der Waals surface area contributed by atoms with E-state index in [1.54, 1.807) is 29.1 Å². The molecule has 17 heavy (non-hydrogen) atoms. The van der Waals surface area contributed by atoms with Crippen molar-refractivity contribution in [2.75, 3.05) is 0 Å². The first-order valence-electron chi connectivity index (χ1n) is 5.22. The Balaban J connectivity index is 1.99. The Labute approximate surface area is 102 Å². The standard InChI is InChI=1S/C12H12F2N2S/c1-8(16-6-10-5-15-7-17-10)9-2-3-11(13)12(14)4-9/h2-5,7-8,16H,6H2,1H3. The third-order valence-corrected chi connectivity index (χ3v) is 3.29. The zero-order chi connectivity index (χ0) is 12.3. The van der Waals surface area contributed by atoms with E-state index in [4.69, 9.17) is 0 Å². The van der Waals surface area contributed by atoms with Gasteiger partial charge in [-0.1, -0.05) is 6.07 Å². The minimum atomic E-state index is -0.816. The minimum absolute atomic E-state index is 0.0350. The van der Waals surface area contributed by atoms with Gasteiger partial charge in [-0.2, -0.15) is 0 Å². The highest BCUT2D eigenvalue weighted by Gasteiger charge is 2.09. The van der Waals surface area contributed by atoms with Crippen LogP contribution in [-0.4, -0.2) is 4.98 Å². The molecule has 2 aromatic rings. The summed E-state index contributed by atoms with van der Waals surface area (Å²) in [5, 5.41) is 3.23. The highest BCUT2D eigenvalue weighted by atomic mass is 32.1. The van der Waals surface area contributed by atoms with E-state index in [-0.39, 0.29) is 6.04 Å². The second-order valence-corrected chi connectivity index (χ2v) is 4.71. The van der Waals surface area contributed by atoms with Gasteiger partial charge >= 0.3 is 0 Å². The predicted molar refractivity (Wildman–Crippen MR) is 63.7 cm³/mol. The number of rotatable bonds is 4. The second-order valence-electron chi connectivity index (χ2n) is 3.74. The van der Waals surface area contributed by atoms with Gasteiger partial charge in [0, 0.05) is 23.7 Å². The molecule has 5 heteroatoms. The van der Waals surface area contributed by atoms with Crippen molar-refractivity contribution in [2.45, 2.75) is 19.5 Å². The first-order chi connectivity index (χ1) is 8.16. The van der Waals surface area contributed by atoms with Crippen LogP contribution in [-0.2, 0) is 6.54 Å². The lowest BCUT2D eigenvalue weighted by molar-refractivity contribution is 0.501. The highest BCUT2D eigenvalue weighted by Crippen LogP contribution is 2.17. The maximum atomic E-state index is 13.0. The quantitative estimate of drug-likeness (QED) is 0.905. The van der Waals surface area contributed by atoms with E-state index >= 15 is 0 Å². The average Bonchev–Trinajstić information content (AvgIpc) is 2.82. The van der Waals surface area contributed by atoms with E-state index < -0.39 is 11.6 Å². The maximum Gasteiger partial charge on any atom is 0.159 e. The predicted octanol–water partition coefficient (Wildman–Crippen LogP) is 3.27. The summed E-state index contributed by atoms with van der Waals surface area (Å²) in [6.07, 6.45) is 1.79. The van der Waals surface area contributed by atoms with Crippen molar-refractivity contribution >= 4 is 11.3 Å². The van der Waals surface area contributed by atoms with Crippen LogP contribution in [0.4, 0.5) is 8.78 Å². The summed E-state index contributed by atoms with van der Waals surface area (Å²) in [5.74, 6) is -1.63. The van der Waals surface area contributed by atoms with Crippen LogP contribution in [0.15, 0.2) is 29.9 Å². The molecular formula is C12H12F2N2S. The SMILES string of the molecule is CC(NCc1cncs1)c1ccc(F)c(F)c1. The van der Waals surface area contributed by atoms with Gasteiger partial charge in [-0.25, -0.2) is 8.78 Å². The maximum absolute atomic E-state index is 13.0. The topological polar surface area (TPSA) is 24.9 Å². The molecule has 0 bridgehead atoms. The van der Waals surface area contributed by atoms with Gasteiger partial charge in [-0.05, 0) is 24.6 Å². The molecule has 0 aliphatic heterocycles. The third-order valence-electron chi connectivity index (χ3n) is 2.51. The van der Waals surface area contributed by atoms with Crippen LogP contribution >= 0.6 is 11.3 Å². The molecule has 2 nitrogen and oxygen atoms in total. The van der Waals surface area contributed by atoms with E-state index in [0.29, 0.717) is 6.54 Å². The number of hydrogen-bond acceptors (Lipinski definition) is 3. The van der Waals surface area contributed by atoms with Crippen molar-refractivity contribution in [3.05, 3.63) is 52.0 Å². The zero-order valence-corrected chi connectivity index (χ0v) is 10.1. The van der Waals surface area contributed by atoms with Gasteiger partial charge in [0.2, 0.25) is 0 Å². The van der Waals surface area contributed by atoms with Gasteiger partial charge in [-0.15, -0.1) is 11.3 Å². The molecule has 1 aromatic heterocycles. The monoisotopic (exact) mass is 254 g/mol. The Morgan fingerprint density at radius 1 is 1.35 bits per heavy atom. The van der Waals surface area contributed by atoms with Crippen LogP contribution in [0.1, 0.15) is 23.4 Å². The average molecular weight is 254 g/mol. The summed E-state index contributed by atoms with van der Waals surface area (Å²) in [6, 6.07) is 3.92. The number of benzene rings is 1. The lowest BCUT2D eigenvalue weighted by atomic mass is 10.1. The summed E-state index contributed by atoms with van der Waals surface area (Å²) in [4.78, 5) is 5.08. The number of hydrogen-bond donors (Lipinski definition) is 1. The van der Waals surface area contributed by atoms with E-state index in [2.05, 4.69) is 10.3 Å². The second kappa shape index (κ2) is 5.33. The van der Waals surface area contributed by atoms with Crippen LogP contribution in [0.3, 0.4) is 0 Å². The summed E-state index contributed by atoms with van der Waals surface area (Å²) < 4.78 is 25.8. The van der Waals surface area contributed by atoms with Gasteiger partial charge in [0.15, 0.2) is 11.6 Å². The van der Waals surface area contributed by atoms with Crippen LogP contribution in [0.25, 0.3) is 0 Å². The Kier molecular flexibility index (Phi) is 3.81. The molecule has 0 fully saturated rings. The number of nitrogens with zero attached hydrogens (tertiary/aromatic N) is 1. The molecule has 1 aromatic carbocycles. The number of halogens is 2. The van der Waals surface area contributed by atoms with Crippen LogP contribution in [0.2, 0.25) is 0 Å². The molecule has 0 amide bonds. The van der Waals surface area contributed by atoms with Crippen molar-refractivity contribution in [3.8, 4) is 0 Å². The molecule has 1 N–H and O–H groups in total. The summed E-state index contributed by atoms with van der Waals surface area (Å²) >= 11 is 1.56. The molecule has 0 saturated heterocycles. The third kappa shape index (κ3) is 3.08. The zero-order valence-electron chi connectivity index (χ0n) is 9.28. The summed E-state index contributed by atoms with van der Waals surface area (Å²) in [7, 11) is 0. The number of nitrogens with one attached hydrogen (secondary N) is 1. The fourth-order valence-electron chi connectivity index (χ4n) is 1.48. The van der Waals surface area contributed by atoms with E-state index in [9.17, 15) is 8.78 Å². The lowest BCUT2D eigenvalue weighted by Crippen LogP contribution is -2.17.